The van der Waals surface area contributed by atoms with Gasteiger partial charge in [0.2, 0.25) is 5.91 Å². The lowest BCUT2D eigenvalue weighted by Gasteiger charge is -2.44. The van der Waals surface area contributed by atoms with Crippen LogP contribution in [0.5, 0.6) is 0 Å². The molecule has 0 saturated carbocycles. The molecule has 2 N–H and O–H groups in total. The van der Waals surface area contributed by atoms with E-state index in [1.165, 1.54) is 0 Å². The number of alkyl halides is 3. The molecule has 0 aromatic heterocycles. The van der Waals surface area contributed by atoms with Gasteiger partial charge >= 0.3 is 12.1 Å². The number of hydrogen-bond acceptors (Lipinski definition) is 8. The minimum atomic E-state index is -5.02. The Morgan fingerprint density at radius 1 is 0.936 bits per heavy atom. The predicted molar refractivity (Wildman–Crippen MR) is 162 cm³/mol. The number of benzene rings is 2. The van der Waals surface area contributed by atoms with Crippen molar-refractivity contribution in [2.75, 3.05) is 39.4 Å². The first-order valence-electron chi connectivity index (χ1n) is 16.3. The van der Waals surface area contributed by atoms with Gasteiger partial charge in [-0.25, -0.2) is 0 Å². The molecule has 4 heterocycles. The van der Waals surface area contributed by atoms with Crippen molar-refractivity contribution in [2.24, 2.45) is 5.92 Å². The molecule has 256 valence electrons. The lowest BCUT2D eigenvalue weighted by Crippen LogP contribution is -2.50. The van der Waals surface area contributed by atoms with Crippen LogP contribution in [0.15, 0.2) is 48.5 Å². The van der Waals surface area contributed by atoms with Gasteiger partial charge in [-0.3, -0.25) is 9.59 Å². The number of rotatable bonds is 8. The molecule has 0 aliphatic carbocycles. The van der Waals surface area contributed by atoms with Gasteiger partial charge in [0, 0.05) is 57.0 Å². The Labute approximate surface area is 272 Å². The summed E-state index contributed by atoms with van der Waals surface area (Å²) in [7, 11) is 0. The van der Waals surface area contributed by atoms with Gasteiger partial charge in [-0.2, -0.15) is 13.2 Å². The van der Waals surface area contributed by atoms with Crippen molar-refractivity contribution < 1.29 is 46.8 Å². The molecule has 1 spiro atoms. The summed E-state index contributed by atoms with van der Waals surface area (Å²) >= 11 is 0. The molecule has 13 heteroatoms. The molecule has 0 radical (unpaired) electrons. The van der Waals surface area contributed by atoms with E-state index in [2.05, 4.69) is 17.1 Å². The maximum absolute atomic E-state index is 13.0. The topological polar surface area (TPSA) is 110 Å². The van der Waals surface area contributed by atoms with E-state index in [1.54, 1.807) is 0 Å². The highest BCUT2D eigenvalue weighted by molar-refractivity contribution is 5.90. The van der Waals surface area contributed by atoms with Gasteiger partial charge in [0.15, 0.2) is 12.1 Å². The first kappa shape index (κ1) is 33.8. The van der Waals surface area contributed by atoms with Crippen LogP contribution >= 0.6 is 0 Å². The monoisotopic (exact) mass is 661 g/mol. The van der Waals surface area contributed by atoms with Crippen LogP contribution in [-0.2, 0) is 41.7 Å². The third-order valence-electron chi connectivity index (χ3n) is 9.77. The van der Waals surface area contributed by atoms with E-state index in [4.69, 9.17) is 18.9 Å². The van der Waals surface area contributed by atoms with Crippen molar-refractivity contribution in [3.8, 4) is 0 Å². The fraction of sp³-hybridized carbons (Fsp3) is 0.588. The molecule has 0 bridgehead atoms. The third-order valence-corrected chi connectivity index (χ3v) is 9.77. The molecule has 6 rings (SSSR count). The summed E-state index contributed by atoms with van der Waals surface area (Å²) in [4.78, 5) is 27.5. The quantitative estimate of drug-likeness (QED) is 0.438. The molecule has 4 fully saturated rings. The molecule has 10 nitrogen and oxygen atoms in total. The van der Waals surface area contributed by atoms with Crippen LogP contribution < -0.4 is 5.32 Å². The number of amides is 2. The minimum absolute atomic E-state index is 0.0231. The molecular formula is C34H42F3N3O7. The average Bonchev–Trinajstić information content (AvgIpc) is 3.76. The number of aliphatic hydroxyl groups excluding tert-OH is 1. The average molecular weight is 662 g/mol. The number of likely N-dealkylation sites (tertiary alicyclic amines) is 2. The van der Waals surface area contributed by atoms with Gasteiger partial charge in [-0.1, -0.05) is 55.5 Å². The summed E-state index contributed by atoms with van der Waals surface area (Å²) in [5, 5.41) is 12.2. The summed E-state index contributed by atoms with van der Waals surface area (Å²) in [5.41, 5.74) is 3.33. The Bertz CT molecular complexity index is 1370. The van der Waals surface area contributed by atoms with Crippen LogP contribution in [0.2, 0.25) is 0 Å². The maximum atomic E-state index is 13.0. The Morgan fingerprint density at radius 2 is 1.57 bits per heavy atom. The second-order valence-corrected chi connectivity index (χ2v) is 12.8. The van der Waals surface area contributed by atoms with Gasteiger partial charge in [0.1, 0.15) is 6.04 Å². The highest BCUT2D eigenvalue weighted by Gasteiger charge is 2.48. The fourth-order valence-electron chi connectivity index (χ4n) is 6.99. The molecule has 4 aliphatic heterocycles. The number of aliphatic hydroxyl groups is 1. The van der Waals surface area contributed by atoms with Crippen LogP contribution in [-0.4, -0.2) is 90.2 Å². The summed E-state index contributed by atoms with van der Waals surface area (Å²) in [6.07, 6.45) is -3.97. The first-order valence-corrected chi connectivity index (χ1v) is 16.3. The van der Waals surface area contributed by atoms with Crippen molar-refractivity contribution in [3.63, 3.8) is 0 Å². The summed E-state index contributed by atoms with van der Waals surface area (Å²) in [6, 6.07) is 14.0. The lowest BCUT2D eigenvalue weighted by atomic mass is 9.89. The zero-order chi connectivity index (χ0) is 33.2. The Kier molecular flexibility index (Phi) is 10.2. The van der Waals surface area contributed by atoms with Crippen molar-refractivity contribution in [3.05, 3.63) is 70.8 Å². The van der Waals surface area contributed by atoms with Crippen LogP contribution in [0.3, 0.4) is 0 Å². The Hall–Kier alpha value is -3.07. The highest BCUT2D eigenvalue weighted by Crippen LogP contribution is 2.42. The van der Waals surface area contributed by atoms with Gasteiger partial charge < -0.3 is 39.2 Å². The zero-order valence-electron chi connectivity index (χ0n) is 26.4. The molecule has 47 heavy (non-hydrogen) atoms. The SMILES string of the molecule is C[C@@H]1[C@H](CN2CCC3(CC2)OCCO3)O[C@H](c2ccc(CNC(=O)[C@@H]3CCCN3C(=O)C(F)(F)F)cc2)O[C@@H]1c1ccc(CO)cc1. The van der Waals surface area contributed by atoms with Crippen molar-refractivity contribution >= 4 is 11.8 Å². The molecule has 4 aliphatic rings. The van der Waals surface area contributed by atoms with Gasteiger partial charge in [-0.05, 0) is 29.5 Å². The molecule has 5 atom stereocenters. The minimum Gasteiger partial charge on any atom is -0.392 e. The van der Waals surface area contributed by atoms with Crippen LogP contribution in [0.4, 0.5) is 13.2 Å². The number of hydrogen-bond donors (Lipinski definition) is 2. The predicted octanol–water partition coefficient (Wildman–Crippen LogP) is 3.98. The third kappa shape index (κ3) is 7.65. The number of carbonyl (C=O) groups excluding carboxylic acids is 2. The van der Waals surface area contributed by atoms with Crippen molar-refractivity contribution in [1.82, 2.24) is 15.1 Å². The number of ether oxygens (including phenoxy) is 4. The van der Waals surface area contributed by atoms with E-state index in [1.807, 2.05) is 48.5 Å². The summed E-state index contributed by atoms with van der Waals surface area (Å²) < 4.78 is 63.9. The Balaban J connectivity index is 1.12. The van der Waals surface area contributed by atoms with E-state index in [-0.39, 0.29) is 44.2 Å². The van der Waals surface area contributed by atoms with E-state index < -0.39 is 36.1 Å². The summed E-state index contributed by atoms with van der Waals surface area (Å²) in [6.45, 7) is 5.71. The molecular weight excluding hydrogens is 619 g/mol. The van der Waals surface area contributed by atoms with Crippen LogP contribution in [0, 0.1) is 5.92 Å². The van der Waals surface area contributed by atoms with E-state index in [0.29, 0.717) is 31.1 Å². The second kappa shape index (κ2) is 14.2. The summed E-state index contributed by atoms with van der Waals surface area (Å²) in [5.74, 6) is -3.03. The largest absolute Gasteiger partial charge is 0.471 e. The van der Waals surface area contributed by atoms with E-state index in [0.717, 1.165) is 48.2 Å². The molecule has 2 amide bonds. The second-order valence-electron chi connectivity index (χ2n) is 12.8. The highest BCUT2D eigenvalue weighted by atomic mass is 19.4. The molecule has 0 unspecified atom stereocenters. The van der Waals surface area contributed by atoms with Crippen molar-refractivity contribution in [2.45, 2.75) is 82.3 Å². The number of carbonyl (C=O) groups is 2. The smallest absolute Gasteiger partial charge is 0.392 e. The van der Waals surface area contributed by atoms with Gasteiger partial charge in [-0.15, -0.1) is 0 Å². The van der Waals surface area contributed by atoms with Gasteiger partial charge in [0.25, 0.3) is 0 Å². The Morgan fingerprint density at radius 3 is 2.21 bits per heavy atom. The first-order chi connectivity index (χ1) is 22.5. The van der Waals surface area contributed by atoms with Crippen LogP contribution in [0.1, 0.15) is 67.3 Å². The fourth-order valence-corrected chi connectivity index (χ4v) is 6.99. The van der Waals surface area contributed by atoms with Gasteiger partial charge in [0.05, 0.1) is 32.0 Å². The van der Waals surface area contributed by atoms with E-state index in [9.17, 15) is 27.9 Å². The standard InChI is InChI=1S/C34H42F3N3O7/c1-22-28(20-39-15-12-33(13-16-39)44-17-18-45-33)46-31(47-29(22)25-8-6-24(21-41)7-9-25)26-10-4-23(5-11-26)19-38-30(42)27-3-2-14-40(27)32(43)34(35,36)37/h4-11,22,27-29,31,41H,2-3,12-21H2,1H3,(H,38,42)/t22-,27+,28+,29+,31+/m1/s1. The van der Waals surface area contributed by atoms with Crippen LogP contribution in [0.25, 0.3) is 0 Å². The number of nitrogens with zero attached hydrogens (tertiary/aromatic N) is 2. The van der Waals surface area contributed by atoms with Crippen molar-refractivity contribution in [1.29, 1.82) is 0 Å². The molecule has 2 aromatic rings. The number of nitrogens with one attached hydrogen (secondary N) is 1. The number of halogens is 3. The molecule has 4 saturated heterocycles. The normalized spacial score (nSPS) is 28.1. The zero-order valence-corrected chi connectivity index (χ0v) is 26.4. The van der Waals surface area contributed by atoms with E-state index >= 15 is 0 Å². The molecule has 2 aromatic carbocycles. The maximum Gasteiger partial charge on any atom is 0.471 e. The number of piperidine rings is 1. The lowest BCUT2D eigenvalue weighted by molar-refractivity contribution is -0.278.